The van der Waals surface area contributed by atoms with Crippen molar-refractivity contribution in [2.45, 2.75) is 31.9 Å². The summed E-state index contributed by atoms with van der Waals surface area (Å²) in [6.07, 6.45) is 5.37. The lowest BCUT2D eigenvalue weighted by atomic mass is 10.1. The van der Waals surface area contributed by atoms with Gasteiger partial charge in [0.05, 0.1) is 41.0 Å². The van der Waals surface area contributed by atoms with Gasteiger partial charge >= 0.3 is 0 Å². The van der Waals surface area contributed by atoms with E-state index in [0.29, 0.717) is 41.9 Å². The number of hydrogen-bond acceptors (Lipinski definition) is 5. The number of fused-ring (bicyclic) bond motifs is 1. The number of carbonyl (C=O) groups excluding carboxylic acids is 1. The van der Waals surface area contributed by atoms with Crippen LogP contribution in [0.3, 0.4) is 0 Å². The molecule has 1 aliphatic heterocycles. The Kier molecular flexibility index (Phi) is 6.48. The summed E-state index contributed by atoms with van der Waals surface area (Å²) in [5.74, 6) is -0.143. The van der Waals surface area contributed by atoms with Crippen molar-refractivity contribution in [3.8, 4) is 0 Å². The molecule has 1 aliphatic rings. The number of rotatable bonds is 7. The Morgan fingerprint density at radius 2 is 2.03 bits per heavy atom. The van der Waals surface area contributed by atoms with E-state index in [0.717, 1.165) is 25.5 Å². The number of ether oxygens (including phenoxy) is 1. The fourth-order valence-corrected chi connectivity index (χ4v) is 4.74. The van der Waals surface area contributed by atoms with Gasteiger partial charge in [0.1, 0.15) is 0 Å². The minimum absolute atomic E-state index is 0.00325. The second kappa shape index (κ2) is 9.30. The number of imidazole rings is 1. The highest BCUT2D eigenvalue weighted by molar-refractivity contribution is 7.92. The fraction of sp³-hybridized carbons (Fsp3) is 0.391. The van der Waals surface area contributed by atoms with Gasteiger partial charge in [-0.1, -0.05) is 30.3 Å². The molecule has 1 atom stereocenters. The van der Waals surface area contributed by atoms with E-state index in [-0.39, 0.29) is 12.0 Å². The van der Waals surface area contributed by atoms with Crippen molar-refractivity contribution in [1.82, 2.24) is 14.5 Å². The third-order valence-electron chi connectivity index (χ3n) is 5.73. The number of hydrogen-bond donors (Lipinski definition) is 1. The number of aromatic nitrogens is 2. The van der Waals surface area contributed by atoms with Gasteiger partial charge in [0, 0.05) is 26.7 Å². The molecule has 0 bridgehead atoms. The van der Waals surface area contributed by atoms with Crippen molar-refractivity contribution >= 4 is 32.7 Å². The van der Waals surface area contributed by atoms with E-state index < -0.39 is 10.0 Å². The molecule has 1 aromatic heterocycles. The van der Waals surface area contributed by atoms with Gasteiger partial charge in [-0.15, -0.1) is 0 Å². The second-order valence-electron chi connectivity index (χ2n) is 8.19. The highest BCUT2D eigenvalue weighted by Crippen LogP contribution is 2.27. The average Bonchev–Trinajstić information content (AvgIpc) is 3.19. The molecule has 2 aromatic carbocycles. The number of methoxy groups -OCH3 is 1. The van der Waals surface area contributed by atoms with E-state index in [1.54, 1.807) is 30.5 Å². The number of anilines is 1. The van der Waals surface area contributed by atoms with Gasteiger partial charge < -0.3 is 14.2 Å². The molecule has 3 aromatic rings. The van der Waals surface area contributed by atoms with E-state index in [9.17, 15) is 13.2 Å². The summed E-state index contributed by atoms with van der Waals surface area (Å²) in [4.78, 5) is 19.8. The predicted octanol–water partition coefficient (Wildman–Crippen LogP) is 2.90. The van der Waals surface area contributed by atoms with Crippen LogP contribution >= 0.6 is 0 Å². The smallest absolute Gasteiger partial charge is 0.256 e. The highest BCUT2D eigenvalue weighted by atomic mass is 32.2. The summed E-state index contributed by atoms with van der Waals surface area (Å²) < 4.78 is 33.6. The summed E-state index contributed by atoms with van der Waals surface area (Å²) >= 11 is 0. The Morgan fingerprint density at radius 3 is 2.75 bits per heavy atom. The molecule has 170 valence electrons. The summed E-state index contributed by atoms with van der Waals surface area (Å²) in [7, 11) is -1.84. The van der Waals surface area contributed by atoms with Crippen LogP contribution in [0.1, 0.15) is 28.8 Å². The van der Waals surface area contributed by atoms with Crippen molar-refractivity contribution in [3.63, 3.8) is 0 Å². The maximum Gasteiger partial charge on any atom is 0.256 e. The molecule has 2 heterocycles. The van der Waals surface area contributed by atoms with Gasteiger partial charge in [0.2, 0.25) is 10.0 Å². The Hall–Kier alpha value is -2.91. The van der Waals surface area contributed by atoms with Gasteiger partial charge in [0.15, 0.2) is 0 Å². The molecule has 4 rings (SSSR count). The molecule has 9 heteroatoms. The van der Waals surface area contributed by atoms with E-state index >= 15 is 0 Å². The molecule has 0 unspecified atom stereocenters. The average molecular weight is 457 g/mol. The van der Waals surface area contributed by atoms with Crippen LogP contribution in [0.25, 0.3) is 11.0 Å². The van der Waals surface area contributed by atoms with E-state index in [2.05, 4.69) is 21.8 Å². The van der Waals surface area contributed by atoms with E-state index in [4.69, 9.17) is 4.74 Å². The lowest BCUT2D eigenvalue weighted by Crippen LogP contribution is -2.43. The first-order valence-corrected chi connectivity index (χ1v) is 12.6. The van der Waals surface area contributed by atoms with Crippen LogP contribution < -0.4 is 4.72 Å². The van der Waals surface area contributed by atoms with Crippen LogP contribution in [0, 0.1) is 0 Å². The quantitative estimate of drug-likeness (QED) is 0.590. The van der Waals surface area contributed by atoms with Crippen LogP contribution in [0.2, 0.25) is 0 Å². The van der Waals surface area contributed by atoms with Crippen molar-refractivity contribution in [2.75, 3.05) is 31.2 Å². The Balaban J connectivity index is 1.72. The predicted molar refractivity (Wildman–Crippen MR) is 124 cm³/mol. The van der Waals surface area contributed by atoms with Gasteiger partial charge in [-0.05, 0) is 37.0 Å². The molecule has 1 fully saturated rings. The first kappa shape index (κ1) is 22.3. The number of likely N-dealkylation sites (tertiary alicyclic amines) is 1. The molecule has 0 saturated carbocycles. The number of amides is 1. The summed E-state index contributed by atoms with van der Waals surface area (Å²) in [5, 5.41) is 0. The minimum Gasteiger partial charge on any atom is -0.380 e. The monoisotopic (exact) mass is 456 g/mol. The SMILES string of the molecule is CO[C@@H]1CCCN(C(=O)c2cc(NS(C)(=O)=O)cc3ncn(CCc4ccccc4)c23)C1. The molecule has 1 N–H and O–H groups in total. The molecule has 0 spiro atoms. The van der Waals surface area contributed by atoms with Crippen molar-refractivity contribution in [2.24, 2.45) is 0 Å². The van der Waals surface area contributed by atoms with Crippen LogP contribution in [0.15, 0.2) is 48.8 Å². The molecule has 1 saturated heterocycles. The Morgan fingerprint density at radius 1 is 1.25 bits per heavy atom. The van der Waals surface area contributed by atoms with Crippen LogP contribution in [-0.2, 0) is 27.7 Å². The minimum atomic E-state index is -3.49. The number of nitrogens with one attached hydrogen (secondary N) is 1. The third kappa shape index (κ3) is 5.11. The lowest BCUT2D eigenvalue weighted by Gasteiger charge is -2.32. The normalized spacial score (nSPS) is 16.9. The molecular weight excluding hydrogens is 428 g/mol. The first-order chi connectivity index (χ1) is 15.3. The summed E-state index contributed by atoms with van der Waals surface area (Å²) in [6, 6.07) is 13.4. The Labute approximate surface area is 188 Å². The fourth-order valence-electron chi connectivity index (χ4n) is 4.19. The number of aryl methyl sites for hydroxylation is 2. The number of nitrogens with zero attached hydrogens (tertiary/aromatic N) is 3. The standard InChI is InChI=1S/C23H28N4O4S/c1-31-19-9-6-11-26(15-19)23(28)20-13-18(25-32(2,29)30)14-21-22(20)27(16-24-21)12-10-17-7-4-3-5-8-17/h3-5,7-8,13-14,16,19,25H,6,9-12,15H2,1-2H3/t19-/m1/s1. The zero-order valence-electron chi connectivity index (χ0n) is 18.3. The van der Waals surface area contributed by atoms with E-state index in [1.807, 2.05) is 22.8 Å². The molecule has 8 nitrogen and oxygen atoms in total. The van der Waals surface area contributed by atoms with Crippen LogP contribution in [0.5, 0.6) is 0 Å². The zero-order valence-corrected chi connectivity index (χ0v) is 19.1. The van der Waals surface area contributed by atoms with Gasteiger partial charge in [-0.3, -0.25) is 9.52 Å². The largest absolute Gasteiger partial charge is 0.380 e. The second-order valence-corrected chi connectivity index (χ2v) is 9.94. The molecule has 1 amide bonds. The molecular formula is C23H28N4O4S. The maximum absolute atomic E-state index is 13.6. The zero-order chi connectivity index (χ0) is 22.7. The summed E-state index contributed by atoms with van der Waals surface area (Å²) in [6.45, 7) is 1.81. The van der Waals surface area contributed by atoms with Crippen LogP contribution in [-0.4, -0.2) is 61.3 Å². The van der Waals surface area contributed by atoms with Crippen molar-refractivity contribution in [1.29, 1.82) is 0 Å². The van der Waals surface area contributed by atoms with Gasteiger partial charge in [-0.2, -0.15) is 0 Å². The maximum atomic E-state index is 13.6. The third-order valence-corrected chi connectivity index (χ3v) is 6.34. The van der Waals surface area contributed by atoms with Crippen molar-refractivity contribution in [3.05, 3.63) is 59.9 Å². The molecule has 0 aliphatic carbocycles. The highest BCUT2D eigenvalue weighted by Gasteiger charge is 2.27. The number of sulfonamides is 1. The lowest BCUT2D eigenvalue weighted by molar-refractivity contribution is 0.0270. The van der Waals surface area contributed by atoms with Crippen molar-refractivity contribution < 1.29 is 17.9 Å². The van der Waals surface area contributed by atoms with E-state index in [1.165, 1.54) is 5.56 Å². The first-order valence-electron chi connectivity index (χ1n) is 10.7. The Bertz CT molecular complexity index is 1210. The number of carbonyl (C=O) groups is 1. The van der Waals surface area contributed by atoms with Crippen LogP contribution in [0.4, 0.5) is 5.69 Å². The summed E-state index contributed by atoms with van der Waals surface area (Å²) in [5.41, 5.74) is 3.25. The van der Waals surface area contributed by atoms with Gasteiger partial charge in [-0.25, -0.2) is 13.4 Å². The topological polar surface area (TPSA) is 93.5 Å². The number of piperidine rings is 1. The van der Waals surface area contributed by atoms with Gasteiger partial charge in [0.25, 0.3) is 5.91 Å². The molecule has 0 radical (unpaired) electrons. The number of benzene rings is 2. The molecule has 32 heavy (non-hydrogen) atoms.